The van der Waals surface area contributed by atoms with Crippen molar-refractivity contribution >= 4 is 26.0 Å². The van der Waals surface area contributed by atoms with Gasteiger partial charge in [0.2, 0.25) is 5.03 Å². The minimum atomic E-state index is -3.57. The lowest BCUT2D eigenvalue weighted by molar-refractivity contribution is 0.0619. The minimum absolute atomic E-state index is 0.0852. The van der Waals surface area contributed by atoms with Gasteiger partial charge in [0.15, 0.2) is 4.60 Å². The molecule has 0 aliphatic carbocycles. The third-order valence-corrected chi connectivity index (χ3v) is 5.96. The van der Waals surface area contributed by atoms with Crippen molar-refractivity contribution in [2.75, 3.05) is 26.8 Å². The van der Waals surface area contributed by atoms with Gasteiger partial charge in [0.05, 0.1) is 0 Å². The van der Waals surface area contributed by atoms with Crippen molar-refractivity contribution in [1.29, 1.82) is 0 Å². The monoisotopic (exact) mass is 352 g/mol. The summed E-state index contributed by atoms with van der Waals surface area (Å²) in [6, 6.07) is 0. The fraction of sp³-hybridized carbons (Fsp3) is 0.800. The molecule has 2 heterocycles. The minimum Gasteiger partial charge on any atom is -0.381 e. The maximum atomic E-state index is 12.5. The van der Waals surface area contributed by atoms with Crippen LogP contribution in [0.25, 0.3) is 0 Å². The van der Waals surface area contributed by atoms with Gasteiger partial charge < -0.3 is 4.74 Å². The number of aryl methyl sites for hydroxylation is 1. The zero-order valence-electron chi connectivity index (χ0n) is 10.9. The van der Waals surface area contributed by atoms with E-state index in [9.17, 15) is 8.42 Å². The van der Waals surface area contributed by atoms with Crippen molar-refractivity contribution in [2.45, 2.75) is 17.9 Å². The molecule has 0 N–H and O–H groups in total. The number of halogens is 1. The summed E-state index contributed by atoms with van der Waals surface area (Å²) < 4.78 is 33.1. The van der Waals surface area contributed by atoms with Crippen LogP contribution in [0.1, 0.15) is 12.8 Å². The fourth-order valence-corrected chi connectivity index (χ4v) is 4.40. The van der Waals surface area contributed by atoms with Crippen molar-refractivity contribution in [1.82, 2.24) is 19.3 Å². The van der Waals surface area contributed by atoms with Crippen LogP contribution in [0.5, 0.6) is 0 Å². The Morgan fingerprint density at radius 2 is 2.11 bits per heavy atom. The Labute approximate surface area is 121 Å². The van der Waals surface area contributed by atoms with Gasteiger partial charge in [-0.1, -0.05) is 5.21 Å². The van der Waals surface area contributed by atoms with Gasteiger partial charge in [-0.15, -0.1) is 5.10 Å². The number of hydrogen-bond donors (Lipinski definition) is 0. The smallest absolute Gasteiger partial charge is 0.262 e. The quantitative estimate of drug-likeness (QED) is 0.793. The molecule has 19 heavy (non-hydrogen) atoms. The van der Waals surface area contributed by atoms with Crippen molar-refractivity contribution < 1.29 is 13.2 Å². The van der Waals surface area contributed by atoms with Crippen molar-refractivity contribution in [3.05, 3.63) is 4.60 Å². The van der Waals surface area contributed by atoms with Crippen LogP contribution in [0.4, 0.5) is 0 Å². The molecule has 108 valence electrons. The van der Waals surface area contributed by atoms with E-state index >= 15 is 0 Å². The summed E-state index contributed by atoms with van der Waals surface area (Å²) in [7, 11) is -0.423. The Bertz CT molecular complexity index is 519. The van der Waals surface area contributed by atoms with E-state index in [2.05, 4.69) is 26.2 Å². The van der Waals surface area contributed by atoms with Gasteiger partial charge in [0.1, 0.15) is 0 Å². The highest BCUT2D eigenvalue weighted by Crippen LogP contribution is 2.23. The van der Waals surface area contributed by atoms with Crippen LogP contribution in [0.15, 0.2) is 9.63 Å². The second kappa shape index (κ2) is 5.86. The third kappa shape index (κ3) is 3.15. The van der Waals surface area contributed by atoms with E-state index in [-0.39, 0.29) is 9.63 Å². The summed E-state index contributed by atoms with van der Waals surface area (Å²) >= 11 is 3.13. The van der Waals surface area contributed by atoms with Crippen LogP contribution in [0.3, 0.4) is 0 Å². The van der Waals surface area contributed by atoms with Crippen LogP contribution >= 0.6 is 15.9 Å². The summed E-state index contributed by atoms with van der Waals surface area (Å²) in [6.45, 7) is 1.90. The Hall–Kier alpha value is -0.510. The fourth-order valence-electron chi connectivity index (χ4n) is 2.13. The maximum Gasteiger partial charge on any atom is 0.262 e. The number of hydrogen-bond acceptors (Lipinski definition) is 5. The first-order valence-electron chi connectivity index (χ1n) is 6.02. The second-order valence-electron chi connectivity index (χ2n) is 4.65. The molecule has 0 amide bonds. The summed E-state index contributed by atoms with van der Waals surface area (Å²) in [5.74, 6) is 0.341. The Morgan fingerprint density at radius 3 is 2.63 bits per heavy atom. The molecule has 1 fully saturated rings. The van der Waals surface area contributed by atoms with E-state index in [1.165, 1.54) is 8.99 Å². The first-order chi connectivity index (χ1) is 8.93. The average molecular weight is 353 g/mol. The van der Waals surface area contributed by atoms with Gasteiger partial charge in [-0.2, -0.15) is 4.31 Å². The number of rotatable bonds is 4. The summed E-state index contributed by atoms with van der Waals surface area (Å²) in [6.07, 6.45) is 1.79. The zero-order valence-corrected chi connectivity index (χ0v) is 13.3. The molecule has 0 bridgehead atoms. The van der Waals surface area contributed by atoms with E-state index in [0.29, 0.717) is 25.7 Å². The summed E-state index contributed by atoms with van der Waals surface area (Å²) in [5.41, 5.74) is 0. The van der Waals surface area contributed by atoms with Crippen LogP contribution in [0.2, 0.25) is 0 Å². The molecule has 0 atom stereocenters. The molecule has 9 heteroatoms. The Kier molecular flexibility index (Phi) is 4.59. The molecular formula is C10H17BrN4O3S. The molecule has 1 aromatic heterocycles. The van der Waals surface area contributed by atoms with Crippen molar-refractivity contribution in [3.63, 3.8) is 0 Å². The van der Waals surface area contributed by atoms with Crippen molar-refractivity contribution in [3.8, 4) is 0 Å². The zero-order chi connectivity index (χ0) is 14.0. The molecular weight excluding hydrogens is 336 g/mol. The Morgan fingerprint density at radius 1 is 1.47 bits per heavy atom. The number of aromatic nitrogens is 3. The lowest BCUT2D eigenvalue weighted by atomic mass is 10.0. The SMILES string of the molecule is CN(CC1CCOCC1)S(=O)(=O)c1c(Br)nnn1C. The second-order valence-corrected chi connectivity index (χ2v) is 7.36. The first-order valence-corrected chi connectivity index (χ1v) is 8.25. The Balaban J connectivity index is 2.15. The number of ether oxygens (including phenoxy) is 1. The molecule has 1 saturated heterocycles. The lowest BCUT2D eigenvalue weighted by Gasteiger charge is -2.26. The molecule has 0 unspecified atom stereocenters. The summed E-state index contributed by atoms with van der Waals surface area (Å²) in [5, 5.41) is 7.51. The molecule has 0 spiro atoms. The standard InChI is InChI=1S/C10H17BrN4O3S/c1-14(7-8-3-5-18-6-4-8)19(16,17)10-9(11)12-13-15(10)2/h8H,3-7H2,1-2H3. The van der Waals surface area contributed by atoms with E-state index in [1.54, 1.807) is 14.1 Å². The van der Waals surface area contributed by atoms with Gasteiger partial charge >= 0.3 is 0 Å². The third-order valence-electron chi connectivity index (χ3n) is 3.25. The van der Waals surface area contributed by atoms with Gasteiger partial charge in [-0.25, -0.2) is 13.1 Å². The van der Waals surface area contributed by atoms with Crippen LogP contribution in [0, 0.1) is 5.92 Å². The average Bonchev–Trinajstić information content (AvgIpc) is 2.70. The van der Waals surface area contributed by atoms with Crippen LogP contribution in [-0.2, 0) is 21.8 Å². The molecule has 2 rings (SSSR count). The van der Waals surface area contributed by atoms with E-state index in [0.717, 1.165) is 12.8 Å². The van der Waals surface area contributed by atoms with Gasteiger partial charge in [-0.05, 0) is 34.7 Å². The number of sulfonamides is 1. The van der Waals surface area contributed by atoms with Gasteiger partial charge in [0.25, 0.3) is 10.0 Å². The summed E-state index contributed by atoms with van der Waals surface area (Å²) in [4.78, 5) is 0. The highest BCUT2D eigenvalue weighted by molar-refractivity contribution is 9.10. The van der Waals surface area contributed by atoms with Crippen molar-refractivity contribution in [2.24, 2.45) is 13.0 Å². The van der Waals surface area contributed by atoms with Gasteiger partial charge in [-0.3, -0.25) is 0 Å². The van der Waals surface area contributed by atoms with Crippen LogP contribution < -0.4 is 0 Å². The van der Waals surface area contributed by atoms with E-state index in [4.69, 9.17) is 4.74 Å². The van der Waals surface area contributed by atoms with Gasteiger partial charge in [0, 0.05) is 33.9 Å². The molecule has 0 aromatic carbocycles. The maximum absolute atomic E-state index is 12.5. The number of nitrogens with zero attached hydrogens (tertiary/aromatic N) is 4. The highest BCUT2D eigenvalue weighted by Gasteiger charge is 2.30. The molecule has 0 saturated carbocycles. The predicted octanol–water partition coefficient (Wildman–Crippen LogP) is 0.625. The highest BCUT2D eigenvalue weighted by atomic mass is 79.9. The molecule has 1 aliphatic rings. The van der Waals surface area contributed by atoms with Crippen LogP contribution in [-0.4, -0.2) is 54.5 Å². The first kappa shape index (κ1) is 14.9. The van der Waals surface area contributed by atoms with E-state index in [1.807, 2.05) is 0 Å². The molecule has 1 aromatic rings. The lowest BCUT2D eigenvalue weighted by Crippen LogP contribution is -2.35. The predicted molar refractivity (Wildman–Crippen MR) is 72.1 cm³/mol. The normalized spacial score (nSPS) is 18.1. The molecule has 7 nitrogen and oxygen atoms in total. The topological polar surface area (TPSA) is 77.3 Å². The van der Waals surface area contributed by atoms with E-state index < -0.39 is 10.0 Å². The largest absolute Gasteiger partial charge is 0.381 e. The molecule has 0 radical (unpaired) electrons. The molecule has 1 aliphatic heterocycles.